The van der Waals surface area contributed by atoms with E-state index in [-0.39, 0.29) is 5.92 Å². The summed E-state index contributed by atoms with van der Waals surface area (Å²) in [5, 5.41) is 11.8. The van der Waals surface area contributed by atoms with Gasteiger partial charge in [-0.25, -0.2) is 0 Å². The number of ether oxygens (including phenoxy) is 5. The summed E-state index contributed by atoms with van der Waals surface area (Å²) in [5.41, 5.74) is 7.09. The largest absolute Gasteiger partial charge is 0.496 e. The minimum absolute atomic E-state index is 0.325. The number of hydrogen-bond donors (Lipinski definition) is 1. The Morgan fingerprint density at radius 2 is 1.17 bits per heavy atom. The summed E-state index contributed by atoms with van der Waals surface area (Å²) in [6.07, 6.45) is 10.7. The number of aromatic nitrogens is 1. The molecule has 1 atom stereocenters. The van der Waals surface area contributed by atoms with Crippen LogP contribution in [0.2, 0.25) is 0 Å². The number of unbranched alkanes of at least 4 members (excludes halogenated alkanes) is 1. The van der Waals surface area contributed by atoms with Crippen LogP contribution in [0.3, 0.4) is 0 Å². The number of nitrogens with zero attached hydrogens (tertiary/aromatic N) is 1. The molecule has 278 valence electrons. The smallest absolute Gasteiger partial charge is 0.306 e. The molecule has 0 aliphatic carbocycles. The lowest BCUT2D eigenvalue weighted by Gasteiger charge is -2.16. The molecule has 6 aromatic rings. The molecule has 5 aromatic carbocycles. The van der Waals surface area contributed by atoms with Crippen LogP contribution in [0.4, 0.5) is 0 Å². The van der Waals surface area contributed by atoms with Crippen molar-refractivity contribution < 1.29 is 33.6 Å². The summed E-state index contributed by atoms with van der Waals surface area (Å²) >= 11 is 0. The van der Waals surface area contributed by atoms with E-state index in [0.717, 1.165) is 40.8 Å². The van der Waals surface area contributed by atoms with Gasteiger partial charge in [-0.2, -0.15) is 0 Å². The van der Waals surface area contributed by atoms with E-state index in [1.165, 1.54) is 21.8 Å². The fraction of sp³-hybridized carbons (Fsp3) is 0.239. The molecule has 8 heteroatoms. The molecule has 0 radical (unpaired) electrons. The average Bonchev–Trinajstić information content (AvgIpc) is 3.54. The van der Waals surface area contributed by atoms with Gasteiger partial charge in [-0.3, -0.25) is 4.79 Å². The van der Waals surface area contributed by atoms with E-state index in [2.05, 4.69) is 83.4 Å². The molecule has 0 amide bonds. The summed E-state index contributed by atoms with van der Waals surface area (Å²) in [6.45, 7) is 2.32. The van der Waals surface area contributed by atoms with Crippen LogP contribution in [0.25, 0.3) is 51.8 Å². The summed E-state index contributed by atoms with van der Waals surface area (Å²) in [4.78, 5) is 11.3. The van der Waals surface area contributed by atoms with E-state index in [0.29, 0.717) is 48.2 Å². The van der Waals surface area contributed by atoms with Crippen LogP contribution < -0.4 is 23.7 Å². The van der Waals surface area contributed by atoms with Gasteiger partial charge in [0.25, 0.3) is 0 Å². The molecule has 6 rings (SSSR count). The molecular formula is C46H47NO7. The van der Waals surface area contributed by atoms with Gasteiger partial charge in [0, 0.05) is 27.6 Å². The highest BCUT2D eigenvalue weighted by molar-refractivity contribution is 6.09. The number of aliphatic carboxylic acids is 1. The summed E-state index contributed by atoms with van der Waals surface area (Å²) in [6, 6.07) is 33.3. The first-order valence-corrected chi connectivity index (χ1v) is 18.2. The van der Waals surface area contributed by atoms with Gasteiger partial charge in [-0.15, -0.1) is 0 Å². The Hall–Kier alpha value is -6.15. The predicted molar refractivity (Wildman–Crippen MR) is 218 cm³/mol. The van der Waals surface area contributed by atoms with Crippen molar-refractivity contribution in [1.82, 2.24) is 4.57 Å². The Labute approximate surface area is 316 Å². The van der Waals surface area contributed by atoms with Crippen molar-refractivity contribution in [3.05, 3.63) is 119 Å². The monoisotopic (exact) mass is 725 g/mol. The molecule has 1 unspecified atom stereocenters. The van der Waals surface area contributed by atoms with Gasteiger partial charge < -0.3 is 33.4 Å². The van der Waals surface area contributed by atoms with Gasteiger partial charge >= 0.3 is 5.97 Å². The van der Waals surface area contributed by atoms with Crippen molar-refractivity contribution in [3.63, 3.8) is 0 Å². The molecule has 0 saturated carbocycles. The second kappa shape index (κ2) is 17.6. The number of rotatable bonds is 17. The Balaban J connectivity index is 1.18. The first-order valence-electron chi connectivity index (χ1n) is 18.2. The quantitative estimate of drug-likeness (QED) is 0.0740. The van der Waals surface area contributed by atoms with Crippen molar-refractivity contribution in [2.45, 2.75) is 32.6 Å². The van der Waals surface area contributed by atoms with Gasteiger partial charge in [0.15, 0.2) is 11.5 Å². The standard InChI is InChI=1S/C46H47NO7/c1-6-33(46(48)49)13-11-12-26-54-45-43(52-4)27-32(28-44(45)53-5)19-23-35-30-41(50-2)34(29-42(35)51-3)22-18-31-20-24-36(25-21-31)47-39-16-9-7-14-37(39)38-15-8-10-17-40(38)47/h7-10,14-25,27-30,33H,6,11-13,26H2,1-5H3,(H,48,49)/b22-18+,23-19+. The minimum atomic E-state index is -0.747. The zero-order valence-corrected chi connectivity index (χ0v) is 31.5. The topological polar surface area (TPSA) is 88.4 Å². The highest BCUT2D eigenvalue weighted by Crippen LogP contribution is 2.40. The molecule has 0 spiro atoms. The number of carbonyl (C=O) groups is 1. The normalized spacial score (nSPS) is 12.1. The van der Waals surface area contributed by atoms with Gasteiger partial charge in [0.05, 0.1) is 52.0 Å². The summed E-state index contributed by atoms with van der Waals surface area (Å²) < 4.78 is 31.4. The van der Waals surface area contributed by atoms with Crippen molar-refractivity contribution in [2.75, 3.05) is 35.0 Å². The van der Waals surface area contributed by atoms with E-state index in [1.807, 2.05) is 49.4 Å². The van der Waals surface area contributed by atoms with Gasteiger partial charge in [-0.1, -0.05) is 79.8 Å². The molecule has 1 heterocycles. The van der Waals surface area contributed by atoms with Gasteiger partial charge in [-0.05, 0) is 85.3 Å². The van der Waals surface area contributed by atoms with E-state index in [9.17, 15) is 9.90 Å². The fourth-order valence-electron chi connectivity index (χ4n) is 6.82. The lowest BCUT2D eigenvalue weighted by atomic mass is 10.00. The maximum Gasteiger partial charge on any atom is 0.306 e. The third-order valence-electron chi connectivity index (χ3n) is 9.74. The van der Waals surface area contributed by atoms with Crippen LogP contribution in [0.1, 0.15) is 54.9 Å². The van der Waals surface area contributed by atoms with Crippen molar-refractivity contribution in [2.24, 2.45) is 5.92 Å². The van der Waals surface area contributed by atoms with Gasteiger partial charge in [0.1, 0.15) is 11.5 Å². The predicted octanol–water partition coefficient (Wildman–Crippen LogP) is 10.8. The maximum absolute atomic E-state index is 11.3. The highest BCUT2D eigenvalue weighted by Gasteiger charge is 2.17. The van der Waals surface area contributed by atoms with Crippen LogP contribution in [-0.4, -0.2) is 50.7 Å². The number of methoxy groups -OCH3 is 4. The Kier molecular flexibility index (Phi) is 12.2. The molecule has 0 aliphatic heterocycles. The minimum Gasteiger partial charge on any atom is -0.496 e. The SMILES string of the molecule is CCC(CCCCOc1c(OC)cc(/C=C/c2cc(OC)c(/C=C/c3ccc(-n4c5ccccc5c5ccccc54)cc3)cc2OC)cc1OC)C(=O)O. The lowest BCUT2D eigenvalue weighted by Crippen LogP contribution is -2.12. The molecule has 0 aliphatic rings. The third-order valence-corrected chi connectivity index (χ3v) is 9.74. The third kappa shape index (κ3) is 8.23. The van der Waals surface area contributed by atoms with Crippen molar-refractivity contribution >= 4 is 52.1 Å². The second-order valence-electron chi connectivity index (χ2n) is 13.0. The Bertz CT molecular complexity index is 2210. The van der Waals surface area contributed by atoms with Gasteiger partial charge in [0.2, 0.25) is 5.75 Å². The molecule has 1 aromatic heterocycles. The molecule has 54 heavy (non-hydrogen) atoms. The highest BCUT2D eigenvalue weighted by atomic mass is 16.5. The zero-order valence-electron chi connectivity index (χ0n) is 31.5. The molecule has 0 bridgehead atoms. The molecule has 0 fully saturated rings. The molecule has 0 saturated heterocycles. The number of para-hydroxylation sites is 2. The van der Waals surface area contributed by atoms with Crippen LogP contribution in [0.5, 0.6) is 28.7 Å². The fourth-order valence-corrected chi connectivity index (χ4v) is 6.82. The number of benzene rings is 5. The first kappa shape index (κ1) is 37.6. The van der Waals surface area contributed by atoms with Crippen LogP contribution >= 0.6 is 0 Å². The van der Waals surface area contributed by atoms with Crippen molar-refractivity contribution in [1.29, 1.82) is 0 Å². The summed E-state index contributed by atoms with van der Waals surface area (Å²) in [7, 11) is 6.50. The van der Waals surface area contributed by atoms with Crippen molar-refractivity contribution in [3.8, 4) is 34.4 Å². The molecular weight excluding hydrogens is 679 g/mol. The Morgan fingerprint density at radius 3 is 1.67 bits per heavy atom. The number of carboxylic acid groups (broad SMARTS) is 1. The number of hydrogen-bond acceptors (Lipinski definition) is 6. The van der Waals surface area contributed by atoms with E-state index in [1.54, 1.807) is 28.4 Å². The number of carboxylic acids is 1. The van der Waals surface area contributed by atoms with Crippen LogP contribution in [-0.2, 0) is 4.79 Å². The molecule has 1 N–H and O–H groups in total. The maximum atomic E-state index is 11.3. The lowest BCUT2D eigenvalue weighted by molar-refractivity contribution is -0.142. The van der Waals surface area contributed by atoms with E-state index >= 15 is 0 Å². The molecule has 8 nitrogen and oxygen atoms in total. The Morgan fingerprint density at radius 1 is 0.648 bits per heavy atom. The van der Waals surface area contributed by atoms with E-state index < -0.39 is 5.97 Å². The number of fused-ring (bicyclic) bond motifs is 3. The van der Waals surface area contributed by atoms with Crippen LogP contribution in [0, 0.1) is 5.92 Å². The van der Waals surface area contributed by atoms with Crippen LogP contribution in [0.15, 0.2) is 97.1 Å². The average molecular weight is 726 g/mol. The van der Waals surface area contributed by atoms with E-state index in [4.69, 9.17) is 23.7 Å². The second-order valence-corrected chi connectivity index (χ2v) is 13.0. The zero-order chi connectivity index (χ0) is 38.0. The first-order chi connectivity index (χ1) is 26.4. The summed E-state index contributed by atoms with van der Waals surface area (Å²) in [5.74, 6) is 1.93.